The lowest BCUT2D eigenvalue weighted by molar-refractivity contribution is 1.11. The van der Waals surface area contributed by atoms with Gasteiger partial charge in [-0.15, -0.1) is 0 Å². The number of allylic oxidation sites excluding steroid dienone is 1. The summed E-state index contributed by atoms with van der Waals surface area (Å²) >= 11 is 0. The zero-order valence-corrected chi connectivity index (χ0v) is 6.96. The summed E-state index contributed by atoms with van der Waals surface area (Å²) in [6.45, 7) is 0.539. The monoisotopic (exact) mass is 172 g/mol. The topological polar surface area (TPSA) is 50.5 Å². The van der Waals surface area contributed by atoms with Crippen LogP contribution in [-0.4, -0.2) is 28.4 Å². The molecule has 0 aliphatic carbocycles. The zero-order valence-electron chi connectivity index (χ0n) is 6.96. The summed E-state index contributed by atoms with van der Waals surface area (Å²) in [6.07, 6.45) is 8.60. The normalized spacial score (nSPS) is 15.2. The fourth-order valence-corrected chi connectivity index (χ4v) is 0.989. The van der Waals surface area contributed by atoms with Crippen LogP contribution in [0.3, 0.4) is 0 Å². The van der Waals surface area contributed by atoms with Crippen molar-refractivity contribution >= 4 is 11.9 Å². The number of rotatable bonds is 1. The minimum atomic E-state index is 0.539. The molecule has 0 radical (unpaired) electrons. The molecule has 0 aromatic carbocycles. The van der Waals surface area contributed by atoms with Crippen LogP contribution in [0.5, 0.6) is 0 Å². The van der Waals surface area contributed by atoms with Gasteiger partial charge in [-0.2, -0.15) is 0 Å². The molecule has 4 heteroatoms. The SMILES string of the molecule is C1=CN=C(c2ncccn2)CN=C1. The molecule has 0 saturated carbocycles. The fourth-order valence-electron chi connectivity index (χ4n) is 0.989. The summed E-state index contributed by atoms with van der Waals surface area (Å²) in [5, 5.41) is 0. The first-order valence-corrected chi connectivity index (χ1v) is 3.96. The van der Waals surface area contributed by atoms with Crippen molar-refractivity contribution < 1.29 is 0 Å². The first kappa shape index (κ1) is 7.79. The molecule has 13 heavy (non-hydrogen) atoms. The number of aromatic nitrogens is 2. The van der Waals surface area contributed by atoms with Crippen molar-refractivity contribution in [3.8, 4) is 0 Å². The molecule has 4 nitrogen and oxygen atoms in total. The number of hydrogen-bond donors (Lipinski definition) is 0. The quantitative estimate of drug-likeness (QED) is 0.631. The third kappa shape index (κ3) is 1.84. The van der Waals surface area contributed by atoms with Gasteiger partial charge in [0.05, 0.1) is 6.54 Å². The lowest BCUT2D eigenvalue weighted by Crippen LogP contribution is -2.08. The van der Waals surface area contributed by atoms with E-state index in [1.807, 2.05) is 0 Å². The van der Waals surface area contributed by atoms with Crippen LogP contribution in [0.15, 0.2) is 40.7 Å². The van der Waals surface area contributed by atoms with E-state index >= 15 is 0 Å². The fraction of sp³-hybridized carbons (Fsp3) is 0.111. The Bertz CT molecular complexity index is 364. The van der Waals surface area contributed by atoms with Crippen LogP contribution in [0.1, 0.15) is 5.82 Å². The summed E-state index contributed by atoms with van der Waals surface area (Å²) in [6, 6.07) is 1.78. The van der Waals surface area contributed by atoms with Gasteiger partial charge >= 0.3 is 0 Å². The molecule has 1 aliphatic rings. The predicted molar refractivity (Wildman–Crippen MR) is 51.1 cm³/mol. The van der Waals surface area contributed by atoms with Gasteiger partial charge in [0.1, 0.15) is 5.71 Å². The Morgan fingerprint density at radius 3 is 2.85 bits per heavy atom. The summed E-state index contributed by atoms with van der Waals surface area (Å²) < 4.78 is 0. The second kappa shape index (κ2) is 3.71. The molecular weight excluding hydrogens is 164 g/mol. The van der Waals surface area contributed by atoms with Crippen LogP contribution in [0.2, 0.25) is 0 Å². The van der Waals surface area contributed by atoms with Crippen molar-refractivity contribution in [1.82, 2.24) is 9.97 Å². The van der Waals surface area contributed by atoms with Crippen LogP contribution < -0.4 is 0 Å². The first-order chi connectivity index (χ1) is 6.47. The lowest BCUT2D eigenvalue weighted by Gasteiger charge is -1.97. The highest BCUT2D eigenvalue weighted by molar-refractivity contribution is 6.00. The van der Waals surface area contributed by atoms with Gasteiger partial charge in [0, 0.05) is 24.8 Å². The Kier molecular flexibility index (Phi) is 2.22. The third-order valence-corrected chi connectivity index (χ3v) is 1.57. The van der Waals surface area contributed by atoms with Crippen molar-refractivity contribution in [2.24, 2.45) is 9.98 Å². The Hall–Kier alpha value is -1.84. The van der Waals surface area contributed by atoms with Gasteiger partial charge in [0.25, 0.3) is 0 Å². The number of aliphatic imine (C=N–C) groups is 2. The van der Waals surface area contributed by atoms with Crippen molar-refractivity contribution in [3.63, 3.8) is 0 Å². The largest absolute Gasteiger partial charge is 0.287 e. The highest BCUT2D eigenvalue weighted by Crippen LogP contribution is 1.96. The van der Waals surface area contributed by atoms with E-state index in [0.717, 1.165) is 5.71 Å². The maximum Gasteiger partial charge on any atom is 0.175 e. The molecule has 0 spiro atoms. The molecule has 1 aliphatic heterocycles. The van der Waals surface area contributed by atoms with Gasteiger partial charge in [-0.1, -0.05) is 0 Å². The van der Waals surface area contributed by atoms with E-state index in [1.54, 1.807) is 37.0 Å². The van der Waals surface area contributed by atoms with Gasteiger partial charge in [-0.25, -0.2) is 9.97 Å². The average Bonchev–Trinajstić information content (AvgIpc) is 2.47. The standard InChI is InChI=1S/C9H8N4/c1-3-10-7-8(11-4-1)9-12-5-2-6-13-9/h1-6H,7H2. The molecule has 0 saturated heterocycles. The average molecular weight is 172 g/mol. The van der Waals surface area contributed by atoms with Gasteiger partial charge in [-0.3, -0.25) is 9.98 Å². The maximum absolute atomic E-state index is 4.18. The molecule has 2 heterocycles. The maximum atomic E-state index is 4.18. The molecule has 0 amide bonds. The van der Waals surface area contributed by atoms with E-state index in [4.69, 9.17) is 0 Å². The Morgan fingerprint density at radius 2 is 2.00 bits per heavy atom. The van der Waals surface area contributed by atoms with Crippen molar-refractivity contribution in [2.75, 3.05) is 6.54 Å². The molecule has 0 fully saturated rings. The van der Waals surface area contributed by atoms with Gasteiger partial charge < -0.3 is 0 Å². The molecule has 2 rings (SSSR count). The van der Waals surface area contributed by atoms with Crippen LogP contribution in [0, 0.1) is 0 Å². The lowest BCUT2D eigenvalue weighted by atomic mass is 10.3. The number of nitrogens with zero attached hydrogens (tertiary/aromatic N) is 4. The van der Waals surface area contributed by atoms with Crippen LogP contribution in [0.4, 0.5) is 0 Å². The molecule has 1 aromatic rings. The molecule has 0 atom stereocenters. The Balaban J connectivity index is 2.32. The van der Waals surface area contributed by atoms with E-state index in [-0.39, 0.29) is 0 Å². The van der Waals surface area contributed by atoms with Crippen molar-refractivity contribution in [2.45, 2.75) is 0 Å². The van der Waals surface area contributed by atoms with Gasteiger partial charge in [0.15, 0.2) is 5.82 Å². The molecule has 0 unspecified atom stereocenters. The van der Waals surface area contributed by atoms with E-state index < -0.39 is 0 Å². The third-order valence-electron chi connectivity index (χ3n) is 1.57. The van der Waals surface area contributed by atoms with Gasteiger partial charge in [0.2, 0.25) is 0 Å². The van der Waals surface area contributed by atoms with E-state index in [2.05, 4.69) is 20.0 Å². The smallest absolute Gasteiger partial charge is 0.175 e. The molecular formula is C9H8N4. The summed E-state index contributed by atoms with van der Waals surface area (Å²) in [5.41, 5.74) is 0.797. The van der Waals surface area contributed by atoms with E-state index in [1.165, 1.54) is 0 Å². The predicted octanol–water partition coefficient (Wildman–Crippen LogP) is 0.864. The van der Waals surface area contributed by atoms with Gasteiger partial charge in [-0.05, 0) is 12.1 Å². The second-order valence-electron chi connectivity index (χ2n) is 2.48. The molecule has 64 valence electrons. The summed E-state index contributed by atoms with van der Waals surface area (Å²) in [5.74, 6) is 0.645. The minimum Gasteiger partial charge on any atom is -0.287 e. The summed E-state index contributed by atoms with van der Waals surface area (Å²) in [4.78, 5) is 16.5. The molecule has 1 aromatic heterocycles. The Morgan fingerprint density at radius 1 is 1.15 bits per heavy atom. The van der Waals surface area contributed by atoms with E-state index in [0.29, 0.717) is 12.4 Å². The second-order valence-corrected chi connectivity index (χ2v) is 2.48. The molecule has 0 bridgehead atoms. The van der Waals surface area contributed by atoms with Crippen LogP contribution >= 0.6 is 0 Å². The minimum absolute atomic E-state index is 0.539. The van der Waals surface area contributed by atoms with Crippen molar-refractivity contribution in [3.05, 3.63) is 36.6 Å². The van der Waals surface area contributed by atoms with Crippen molar-refractivity contribution in [1.29, 1.82) is 0 Å². The Labute approximate surface area is 75.8 Å². The highest BCUT2D eigenvalue weighted by Gasteiger charge is 2.04. The zero-order chi connectivity index (χ0) is 8.93. The highest BCUT2D eigenvalue weighted by atomic mass is 14.9. The van der Waals surface area contributed by atoms with Crippen LogP contribution in [0.25, 0.3) is 0 Å². The van der Waals surface area contributed by atoms with Crippen LogP contribution in [-0.2, 0) is 0 Å². The first-order valence-electron chi connectivity index (χ1n) is 3.96. The summed E-state index contributed by atoms with van der Waals surface area (Å²) in [7, 11) is 0. The number of hydrogen-bond acceptors (Lipinski definition) is 4. The van der Waals surface area contributed by atoms with E-state index in [9.17, 15) is 0 Å². The molecule has 0 N–H and O–H groups in total.